The van der Waals surface area contributed by atoms with Gasteiger partial charge >= 0.3 is 0 Å². The van der Waals surface area contributed by atoms with Crippen molar-refractivity contribution in [2.24, 2.45) is 17.1 Å². The minimum absolute atomic E-state index is 0.0359. The molecule has 0 atom stereocenters. The first-order valence-electron chi connectivity index (χ1n) is 12.7. The van der Waals surface area contributed by atoms with Crippen molar-refractivity contribution in [3.05, 3.63) is 42.0 Å². The Balaban J connectivity index is 1.85. The lowest BCUT2D eigenvalue weighted by atomic mass is 9.95. The summed E-state index contributed by atoms with van der Waals surface area (Å²) in [5.74, 6) is 0.341. The zero-order valence-corrected chi connectivity index (χ0v) is 24.3. The zero-order valence-electron chi connectivity index (χ0n) is 22.8. The number of ether oxygens (including phenoxy) is 2. The number of nitrogens with two attached hydrogens (primary N) is 1. The lowest BCUT2D eigenvalue weighted by molar-refractivity contribution is -0.123. The van der Waals surface area contributed by atoms with Gasteiger partial charge in [-0.3, -0.25) is 9.59 Å². The molecule has 1 fully saturated rings. The zero-order chi connectivity index (χ0) is 28.8. The van der Waals surface area contributed by atoms with Crippen LogP contribution in [0.4, 0.5) is 11.4 Å². The molecule has 0 spiro atoms. The number of hydrogen-bond donors (Lipinski definition) is 3. The number of halogens is 1. The van der Waals surface area contributed by atoms with Gasteiger partial charge in [0, 0.05) is 37.1 Å². The first-order valence-corrected chi connectivity index (χ1v) is 14.7. The first-order chi connectivity index (χ1) is 18.4. The van der Waals surface area contributed by atoms with Crippen molar-refractivity contribution in [2.45, 2.75) is 38.0 Å². The number of methoxy groups -OCH3 is 2. The summed E-state index contributed by atoms with van der Waals surface area (Å²) in [4.78, 5) is 26.3. The molecule has 10 nitrogen and oxygen atoms in total. The molecule has 0 aliphatic carbocycles. The van der Waals surface area contributed by atoms with E-state index < -0.39 is 15.4 Å². The van der Waals surface area contributed by atoms with Crippen molar-refractivity contribution in [1.29, 1.82) is 0 Å². The molecule has 3 rings (SSSR count). The van der Waals surface area contributed by atoms with Crippen LogP contribution in [-0.4, -0.2) is 60.0 Å². The topological polar surface area (TPSA) is 140 Å². The van der Waals surface area contributed by atoms with Gasteiger partial charge in [0.05, 0.1) is 25.3 Å². The largest absolute Gasteiger partial charge is 0.493 e. The molecule has 4 N–H and O–H groups in total. The molecule has 12 heteroatoms. The van der Waals surface area contributed by atoms with Gasteiger partial charge in [-0.05, 0) is 69.0 Å². The van der Waals surface area contributed by atoms with Crippen molar-refractivity contribution in [3.63, 3.8) is 0 Å². The summed E-state index contributed by atoms with van der Waals surface area (Å²) in [6.07, 6.45) is 1.48. The number of anilines is 2. The standard InChI is InChI=1S/C27H37ClN4O6S/c1-27(2,17-28)26(34)31-20-6-7-21(32-13-10-19(11-14-32)25(29)33)24(16-20)39(35,36)30-12-9-18-5-8-22(37-3)23(15-18)38-4/h5-8,15-16,19,30H,9-14,17H2,1-4H3,(H2,29,33)(H,31,34). The first kappa shape index (κ1) is 30.5. The number of piperidine rings is 1. The molecule has 0 radical (unpaired) electrons. The van der Waals surface area contributed by atoms with Gasteiger partial charge in [-0.25, -0.2) is 13.1 Å². The van der Waals surface area contributed by atoms with E-state index in [1.807, 2.05) is 11.0 Å². The molecule has 39 heavy (non-hydrogen) atoms. The van der Waals surface area contributed by atoms with Crippen LogP contribution in [0.1, 0.15) is 32.3 Å². The second-order valence-corrected chi connectivity index (χ2v) is 12.2. The van der Waals surface area contributed by atoms with Gasteiger partial charge in [-0.1, -0.05) is 6.07 Å². The van der Waals surface area contributed by atoms with E-state index in [1.54, 1.807) is 45.2 Å². The Kier molecular flexibility index (Phi) is 10.1. The van der Waals surface area contributed by atoms with Gasteiger partial charge in [0.2, 0.25) is 21.8 Å². The molecule has 1 aliphatic rings. The molecular formula is C27H37ClN4O6S. The Labute approximate surface area is 235 Å². The Hall–Kier alpha value is -3.02. The molecule has 0 saturated carbocycles. The van der Waals surface area contributed by atoms with Crippen LogP contribution in [-0.2, 0) is 26.0 Å². The average Bonchev–Trinajstić information content (AvgIpc) is 2.92. The predicted octanol–water partition coefficient (Wildman–Crippen LogP) is 3.13. The van der Waals surface area contributed by atoms with E-state index in [0.717, 1.165) is 5.56 Å². The Bertz CT molecular complexity index is 1290. The number of carbonyl (C=O) groups excluding carboxylic acids is 2. The van der Waals surface area contributed by atoms with E-state index in [9.17, 15) is 18.0 Å². The van der Waals surface area contributed by atoms with Crippen molar-refractivity contribution in [2.75, 3.05) is 50.0 Å². The Morgan fingerprint density at radius 1 is 1.08 bits per heavy atom. The third kappa shape index (κ3) is 7.55. The summed E-state index contributed by atoms with van der Waals surface area (Å²) in [6, 6.07) is 10.2. The highest BCUT2D eigenvalue weighted by Gasteiger charge is 2.30. The third-order valence-corrected chi connectivity index (χ3v) is 9.01. The summed E-state index contributed by atoms with van der Waals surface area (Å²) in [6.45, 7) is 4.51. The second-order valence-electron chi connectivity index (χ2n) is 10.2. The van der Waals surface area contributed by atoms with Crippen LogP contribution in [0.2, 0.25) is 0 Å². The van der Waals surface area contributed by atoms with Crippen molar-refractivity contribution >= 4 is 44.8 Å². The summed E-state index contributed by atoms with van der Waals surface area (Å²) in [5, 5.41) is 2.78. The number of benzene rings is 2. The molecule has 1 saturated heterocycles. The minimum Gasteiger partial charge on any atom is -0.493 e. The van der Waals surface area contributed by atoms with Crippen molar-refractivity contribution in [1.82, 2.24) is 4.72 Å². The van der Waals surface area contributed by atoms with Crippen LogP contribution >= 0.6 is 11.6 Å². The second kappa shape index (κ2) is 12.9. The Morgan fingerprint density at radius 3 is 2.33 bits per heavy atom. The smallest absolute Gasteiger partial charge is 0.242 e. The number of nitrogens with zero attached hydrogens (tertiary/aromatic N) is 1. The van der Waals surface area contributed by atoms with Crippen LogP contribution in [0.15, 0.2) is 41.3 Å². The number of hydrogen-bond acceptors (Lipinski definition) is 7. The number of amides is 2. The van der Waals surface area contributed by atoms with Gasteiger partial charge < -0.3 is 25.4 Å². The fraction of sp³-hybridized carbons (Fsp3) is 0.481. The highest BCUT2D eigenvalue weighted by atomic mass is 35.5. The SMILES string of the molecule is COc1ccc(CCNS(=O)(=O)c2cc(NC(=O)C(C)(C)CCl)ccc2N2CCC(C(N)=O)CC2)cc1OC. The van der Waals surface area contributed by atoms with Crippen LogP contribution in [0.25, 0.3) is 0 Å². The van der Waals surface area contributed by atoms with E-state index in [4.69, 9.17) is 26.8 Å². The summed E-state index contributed by atoms with van der Waals surface area (Å²) in [5.41, 5.74) is 6.34. The maximum absolute atomic E-state index is 13.6. The maximum Gasteiger partial charge on any atom is 0.242 e. The average molecular weight is 581 g/mol. The van der Waals surface area contributed by atoms with Crippen LogP contribution in [0.3, 0.4) is 0 Å². The van der Waals surface area contributed by atoms with Crippen molar-refractivity contribution in [3.8, 4) is 11.5 Å². The predicted molar refractivity (Wildman–Crippen MR) is 152 cm³/mol. The quantitative estimate of drug-likeness (QED) is 0.328. The highest BCUT2D eigenvalue weighted by molar-refractivity contribution is 7.89. The number of nitrogens with one attached hydrogen (secondary N) is 2. The lowest BCUT2D eigenvalue weighted by Crippen LogP contribution is -2.39. The molecule has 0 bridgehead atoms. The van der Waals surface area contributed by atoms with E-state index in [-0.39, 0.29) is 35.1 Å². The van der Waals surface area contributed by atoms with Gasteiger partial charge in [0.15, 0.2) is 11.5 Å². The van der Waals surface area contributed by atoms with Gasteiger partial charge in [-0.2, -0.15) is 0 Å². The van der Waals surface area contributed by atoms with Crippen molar-refractivity contribution < 1.29 is 27.5 Å². The normalized spacial score (nSPS) is 14.6. The van der Waals surface area contributed by atoms with Crippen LogP contribution in [0.5, 0.6) is 11.5 Å². The number of sulfonamides is 1. The molecule has 1 heterocycles. The van der Waals surface area contributed by atoms with E-state index >= 15 is 0 Å². The monoisotopic (exact) mass is 580 g/mol. The molecule has 0 unspecified atom stereocenters. The minimum atomic E-state index is -3.98. The molecule has 0 aromatic heterocycles. The number of carbonyl (C=O) groups is 2. The van der Waals surface area contributed by atoms with Crippen LogP contribution in [0, 0.1) is 11.3 Å². The summed E-state index contributed by atoms with van der Waals surface area (Å²) < 4.78 is 40.4. The summed E-state index contributed by atoms with van der Waals surface area (Å²) in [7, 11) is -0.896. The van der Waals surface area contributed by atoms with E-state index in [2.05, 4.69) is 10.0 Å². The highest BCUT2D eigenvalue weighted by Crippen LogP contribution is 2.33. The number of primary amides is 1. The third-order valence-electron chi connectivity index (χ3n) is 6.85. The molecule has 2 amide bonds. The molecular weight excluding hydrogens is 544 g/mol. The summed E-state index contributed by atoms with van der Waals surface area (Å²) >= 11 is 5.94. The van der Waals surface area contributed by atoms with E-state index in [1.165, 1.54) is 13.2 Å². The van der Waals surface area contributed by atoms with Gasteiger partial charge in [0.25, 0.3) is 0 Å². The van der Waals surface area contributed by atoms with Gasteiger partial charge in [0.1, 0.15) is 4.90 Å². The fourth-order valence-electron chi connectivity index (χ4n) is 4.28. The lowest BCUT2D eigenvalue weighted by Gasteiger charge is -2.33. The fourth-order valence-corrected chi connectivity index (χ4v) is 5.68. The van der Waals surface area contributed by atoms with E-state index in [0.29, 0.717) is 55.2 Å². The molecule has 2 aromatic rings. The van der Waals surface area contributed by atoms with Gasteiger partial charge in [-0.15, -0.1) is 11.6 Å². The number of alkyl halides is 1. The Morgan fingerprint density at radius 2 is 1.74 bits per heavy atom. The molecule has 1 aliphatic heterocycles. The number of rotatable bonds is 12. The molecule has 2 aromatic carbocycles. The van der Waals surface area contributed by atoms with Crippen LogP contribution < -0.4 is 30.1 Å². The maximum atomic E-state index is 13.6. The molecule has 214 valence electrons.